The lowest BCUT2D eigenvalue weighted by Crippen LogP contribution is -2.18. The van der Waals surface area contributed by atoms with E-state index < -0.39 is 21.2 Å². The van der Waals surface area contributed by atoms with Crippen LogP contribution in [0.2, 0.25) is 0 Å². The van der Waals surface area contributed by atoms with E-state index in [1.165, 1.54) is 0 Å². The fraction of sp³-hybridized carbons (Fsp3) is 0.400. The molecule has 0 heterocycles. The Labute approximate surface area is 130 Å². The summed E-state index contributed by atoms with van der Waals surface area (Å²) in [4.78, 5) is 11.7. The highest BCUT2D eigenvalue weighted by Gasteiger charge is 2.17. The Morgan fingerprint density at radius 1 is 1.33 bits per heavy atom. The molecule has 0 fully saturated rings. The van der Waals surface area contributed by atoms with Crippen LogP contribution in [0.1, 0.15) is 20.3 Å². The molecule has 0 aliphatic carbocycles. The van der Waals surface area contributed by atoms with Gasteiger partial charge in [-0.15, -0.1) is 11.6 Å². The summed E-state index contributed by atoms with van der Waals surface area (Å²) in [5.74, 6) is -0.604. The van der Waals surface area contributed by atoms with Crippen molar-refractivity contribution < 1.29 is 17.9 Å². The summed E-state index contributed by atoms with van der Waals surface area (Å²) in [6.07, 6.45) is 1.85. The van der Waals surface area contributed by atoms with Crippen molar-refractivity contribution in [3.05, 3.63) is 42.0 Å². The van der Waals surface area contributed by atoms with Gasteiger partial charge in [-0.3, -0.25) is 4.79 Å². The molecule has 0 amide bonds. The van der Waals surface area contributed by atoms with Crippen LogP contribution >= 0.6 is 11.6 Å². The van der Waals surface area contributed by atoms with Crippen LogP contribution in [0.3, 0.4) is 0 Å². The highest BCUT2D eigenvalue weighted by Crippen LogP contribution is 2.15. The van der Waals surface area contributed by atoms with Gasteiger partial charge in [0, 0.05) is 0 Å². The van der Waals surface area contributed by atoms with Crippen molar-refractivity contribution in [3.63, 3.8) is 0 Å². The number of halogens is 1. The number of allylic oxidation sites excluding steroid dienone is 1. The number of rotatable bonds is 7. The summed E-state index contributed by atoms with van der Waals surface area (Å²) in [7, 11) is -3.36. The van der Waals surface area contributed by atoms with E-state index in [1.807, 2.05) is 0 Å². The summed E-state index contributed by atoms with van der Waals surface area (Å²) in [6.45, 7) is 3.72. The molecule has 1 unspecified atom stereocenters. The summed E-state index contributed by atoms with van der Waals surface area (Å²) in [6, 6.07) is 8.23. The Bertz CT molecular complexity index is 593. The van der Waals surface area contributed by atoms with Gasteiger partial charge >= 0.3 is 5.97 Å². The Morgan fingerprint density at radius 2 is 1.95 bits per heavy atom. The molecule has 116 valence electrons. The van der Waals surface area contributed by atoms with Gasteiger partial charge in [0.2, 0.25) is 0 Å². The van der Waals surface area contributed by atoms with E-state index in [0.29, 0.717) is 0 Å². The molecular formula is C15H19ClO4S. The summed E-state index contributed by atoms with van der Waals surface area (Å²) < 4.78 is 29.0. The number of alkyl halides is 1. The van der Waals surface area contributed by atoms with Gasteiger partial charge in [-0.25, -0.2) is 8.42 Å². The molecule has 0 saturated heterocycles. The maximum absolute atomic E-state index is 12.1. The maximum Gasteiger partial charge on any atom is 0.324 e. The van der Waals surface area contributed by atoms with Gasteiger partial charge in [-0.2, -0.15) is 0 Å². The molecule has 0 aliphatic heterocycles. The second kappa shape index (κ2) is 8.20. The monoisotopic (exact) mass is 330 g/mol. The van der Waals surface area contributed by atoms with Crippen LogP contribution in [-0.2, 0) is 19.4 Å². The van der Waals surface area contributed by atoms with Crippen LogP contribution in [0.15, 0.2) is 46.9 Å². The lowest BCUT2D eigenvalue weighted by molar-refractivity contribution is -0.142. The molecule has 4 nitrogen and oxygen atoms in total. The predicted octanol–water partition coefficient (Wildman–Crippen LogP) is 2.97. The molecule has 1 rings (SSSR count). The fourth-order valence-electron chi connectivity index (χ4n) is 1.66. The van der Waals surface area contributed by atoms with Crippen molar-refractivity contribution in [1.29, 1.82) is 0 Å². The third-order valence-corrected chi connectivity index (χ3v) is 4.73. The normalized spacial score (nSPS) is 13.8. The Morgan fingerprint density at radius 3 is 2.52 bits per heavy atom. The highest BCUT2D eigenvalue weighted by atomic mass is 35.5. The van der Waals surface area contributed by atoms with Crippen LogP contribution < -0.4 is 0 Å². The number of ether oxygens (including phenoxy) is 1. The molecule has 0 N–H and O–H groups in total. The third kappa shape index (κ3) is 5.89. The van der Waals surface area contributed by atoms with Crippen LogP contribution in [0, 0.1) is 0 Å². The summed E-state index contributed by atoms with van der Waals surface area (Å²) in [5.41, 5.74) is 0.738. The third-order valence-electron chi connectivity index (χ3n) is 2.80. The number of sulfone groups is 1. The van der Waals surface area contributed by atoms with E-state index >= 15 is 0 Å². The molecule has 0 spiro atoms. The lowest BCUT2D eigenvalue weighted by Gasteiger charge is -2.09. The molecule has 21 heavy (non-hydrogen) atoms. The number of carbonyl (C=O) groups is 1. The number of hydrogen-bond acceptors (Lipinski definition) is 4. The first-order valence-electron chi connectivity index (χ1n) is 6.61. The zero-order valence-corrected chi connectivity index (χ0v) is 13.7. The summed E-state index contributed by atoms with van der Waals surface area (Å²) in [5, 5.41) is -0.791. The van der Waals surface area contributed by atoms with Crippen LogP contribution in [-0.4, -0.2) is 32.1 Å². The van der Waals surface area contributed by atoms with Crippen molar-refractivity contribution in [2.45, 2.75) is 30.5 Å². The molecule has 0 radical (unpaired) electrons. The van der Waals surface area contributed by atoms with Crippen molar-refractivity contribution in [3.8, 4) is 0 Å². The van der Waals surface area contributed by atoms with Crippen LogP contribution in [0.5, 0.6) is 0 Å². The van der Waals surface area contributed by atoms with Gasteiger partial charge < -0.3 is 4.74 Å². The zero-order valence-electron chi connectivity index (χ0n) is 12.1. The first-order chi connectivity index (χ1) is 9.86. The topological polar surface area (TPSA) is 60.4 Å². The molecule has 1 atom stereocenters. The average Bonchev–Trinajstić information content (AvgIpc) is 2.46. The number of esters is 1. The fourth-order valence-corrected chi connectivity index (χ4v) is 3.23. The largest absolute Gasteiger partial charge is 0.465 e. The van der Waals surface area contributed by atoms with Gasteiger partial charge in [-0.1, -0.05) is 29.8 Å². The van der Waals surface area contributed by atoms with Gasteiger partial charge in [0.1, 0.15) is 5.38 Å². The minimum absolute atomic E-state index is 0.116. The molecule has 0 saturated carbocycles. The Kier molecular flexibility index (Phi) is 6.92. The number of benzene rings is 1. The van der Waals surface area contributed by atoms with Gasteiger partial charge in [-0.05, 0) is 32.4 Å². The van der Waals surface area contributed by atoms with Crippen molar-refractivity contribution in [1.82, 2.24) is 0 Å². The van der Waals surface area contributed by atoms with E-state index in [1.54, 1.807) is 50.3 Å². The molecule has 6 heteroatoms. The molecule has 1 aromatic rings. The molecule has 0 bridgehead atoms. The van der Waals surface area contributed by atoms with Crippen LogP contribution in [0.25, 0.3) is 0 Å². The quantitative estimate of drug-likeness (QED) is 0.438. The van der Waals surface area contributed by atoms with E-state index in [0.717, 1.165) is 5.57 Å². The SMILES string of the molecule is CCOC(=O)C(Cl)C/C(C)=C/CS(=O)(=O)c1ccccc1. The maximum atomic E-state index is 12.1. The second-order valence-corrected chi connectivity index (χ2v) is 7.13. The first-order valence-corrected chi connectivity index (χ1v) is 8.70. The van der Waals surface area contributed by atoms with Crippen LogP contribution in [0.4, 0.5) is 0 Å². The van der Waals surface area contributed by atoms with Gasteiger partial charge in [0.05, 0.1) is 17.3 Å². The van der Waals surface area contributed by atoms with Crippen molar-refractivity contribution >= 4 is 27.4 Å². The first kappa shape index (κ1) is 17.7. The van der Waals surface area contributed by atoms with E-state index in [9.17, 15) is 13.2 Å². The van der Waals surface area contributed by atoms with Gasteiger partial charge in [0.15, 0.2) is 9.84 Å². The van der Waals surface area contributed by atoms with Crippen molar-refractivity contribution in [2.75, 3.05) is 12.4 Å². The number of carbonyl (C=O) groups excluding carboxylic acids is 1. The van der Waals surface area contributed by atoms with E-state index in [4.69, 9.17) is 16.3 Å². The smallest absolute Gasteiger partial charge is 0.324 e. The molecular weight excluding hydrogens is 312 g/mol. The van der Waals surface area contributed by atoms with Crippen molar-refractivity contribution in [2.24, 2.45) is 0 Å². The second-order valence-electron chi connectivity index (χ2n) is 4.57. The van der Waals surface area contributed by atoms with E-state index in [2.05, 4.69) is 0 Å². The number of hydrogen-bond donors (Lipinski definition) is 0. The molecule has 1 aromatic carbocycles. The summed E-state index contributed by atoms with van der Waals surface area (Å²) >= 11 is 5.91. The highest BCUT2D eigenvalue weighted by molar-refractivity contribution is 7.91. The lowest BCUT2D eigenvalue weighted by atomic mass is 10.1. The molecule has 0 aromatic heterocycles. The minimum atomic E-state index is -3.36. The Hall–Kier alpha value is -1.33. The Balaban J connectivity index is 2.66. The van der Waals surface area contributed by atoms with Gasteiger partial charge in [0.25, 0.3) is 0 Å². The predicted molar refractivity (Wildman–Crippen MR) is 83.1 cm³/mol. The van der Waals surface area contributed by atoms with E-state index in [-0.39, 0.29) is 23.7 Å². The minimum Gasteiger partial charge on any atom is -0.465 e. The standard InChI is InChI=1S/C15H19ClO4S/c1-3-20-15(17)14(16)11-12(2)9-10-21(18,19)13-7-5-4-6-8-13/h4-9,14H,3,10-11H2,1-2H3/b12-9+. The zero-order chi connectivity index (χ0) is 15.9. The average molecular weight is 331 g/mol. The molecule has 0 aliphatic rings.